The molecule has 2 N–H and O–H groups in total. The number of carboxylic acid groups (broad SMARTS) is 1. The van der Waals surface area contributed by atoms with Crippen LogP contribution in [0.1, 0.15) is 40.0 Å². The zero-order chi connectivity index (χ0) is 12.4. The van der Waals surface area contributed by atoms with E-state index in [9.17, 15) is 4.79 Å². The average Bonchev–Trinajstić information content (AvgIpc) is 2.21. The van der Waals surface area contributed by atoms with Gasteiger partial charge in [0.25, 0.3) is 0 Å². The molecule has 0 aliphatic heterocycles. The predicted octanol–water partition coefficient (Wildman–Crippen LogP) is 1.89. The van der Waals surface area contributed by atoms with Crippen molar-refractivity contribution < 1.29 is 14.6 Å². The maximum absolute atomic E-state index is 10.9. The Hall–Kier alpha value is -0.610. The summed E-state index contributed by atoms with van der Waals surface area (Å²) in [6.07, 6.45) is 2.65. The fourth-order valence-electron chi connectivity index (χ4n) is 1.35. The standard InChI is InChI=1S/C12H25NO3/c1-4-5-6-11(12(14)15)13-7-8-16-9-10(2)3/h10-11,13H,4-9H2,1-3H3,(H,14,15). The van der Waals surface area contributed by atoms with Crippen LogP contribution in [0.25, 0.3) is 0 Å². The summed E-state index contributed by atoms with van der Waals surface area (Å²) in [4.78, 5) is 10.9. The van der Waals surface area contributed by atoms with Gasteiger partial charge in [-0.2, -0.15) is 0 Å². The SMILES string of the molecule is CCCCC(NCCOCC(C)C)C(=O)O. The first-order valence-electron chi connectivity index (χ1n) is 6.11. The van der Waals surface area contributed by atoms with Gasteiger partial charge in [0.1, 0.15) is 6.04 Å². The van der Waals surface area contributed by atoms with Gasteiger partial charge in [-0.1, -0.05) is 33.6 Å². The lowest BCUT2D eigenvalue weighted by molar-refractivity contribution is -0.139. The first kappa shape index (κ1) is 15.4. The monoisotopic (exact) mass is 231 g/mol. The van der Waals surface area contributed by atoms with Crippen molar-refractivity contribution in [2.75, 3.05) is 19.8 Å². The van der Waals surface area contributed by atoms with Crippen molar-refractivity contribution in [2.45, 2.75) is 46.1 Å². The van der Waals surface area contributed by atoms with Gasteiger partial charge in [0.15, 0.2) is 0 Å². The lowest BCUT2D eigenvalue weighted by Gasteiger charge is -2.14. The fraction of sp³-hybridized carbons (Fsp3) is 0.917. The van der Waals surface area contributed by atoms with Crippen molar-refractivity contribution in [1.29, 1.82) is 0 Å². The zero-order valence-electron chi connectivity index (χ0n) is 10.7. The van der Waals surface area contributed by atoms with Gasteiger partial charge in [-0.15, -0.1) is 0 Å². The van der Waals surface area contributed by atoms with Gasteiger partial charge in [-0.3, -0.25) is 4.79 Å². The van der Waals surface area contributed by atoms with E-state index >= 15 is 0 Å². The summed E-state index contributed by atoms with van der Waals surface area (Å²) in [5, 5.41) is 11.9. The molecule has 0 aliphatic rings. The number of aliphatic carboxylic acids is 1. The van der Waals surface area contributed by atoms with Crippen molar-refractivity contribution >= 4 is 5.97 Å². The lowest BCUT2D eigenvalue weighted by atomic mass is 10.1. The number of ether oxygens (including phenoxy) is 1. The van der Waals surface area contributed by atoms with Gasteiger partial charge < -0.3 is 15.2 Å². The Balaban J connectivity index is 3.56. The van der Waals surface area contributed by atoms with E-state index in [1.807, 2.05) is 0 Å². The van der Waals surface area contributed by atoms with Crippen LogP contribution in [-0.2, 0) is 9.53 Å². The first-order chi connectivity index (χ1) is 7.57. The molecule has 1 unspecified atom stereocenters. The third-order valence-electron chi connectivity index (χ3n) is 2.23. The summed E-state index contributed by atoms with van der Waals surface area (Å²) in [5.41, 5.74) is 0. The summed E-state index contributed by atoms with van der Waals surface area (Å²) >= 11 is 0. The third-order valence-corrected chi connectivity index (χ3v) is 2.23. The van der Waals surface area contributed by atoms with E-state index in [1.54, 1.807) is 0 Å². The van der Waals surface area contributed by atoms with E-state index in [1.165, 1.54) is 0 Å². The molecule has 4 heteroatoms. The van der Waals surface area contributed by atoms with Crippen LogP contribution in [0.15, 0.2) is 0 Å². The maximum atomic E-state index is 10.9. The molecule has 4 nitrogen and oxygen atoms in total. The number of unbranched alkanes of at least 4 members (excludes halogenated alkanes) is 1. The summed E-state index contributed by atoms with van der Waals surface area (Å²) in [7, 11) is 0. The molecule has 0 fully saturated rings. The molecular weight excluding hydrogens is 206 g/mol. The van der Waals surface area contributed by atoms with E-state index in [0.29, 0.717) is 25.5 Å². The van der Waals surface area contributed by atoms with E-state index in [4.69, 9.17) is 9.84 Å². The second kappa shape index (κ2) is 9.60. The van der Waals surface area contributed by atoms with Crippen molar-refractivity contribution in [3.63, 3.8) is 0 Å². The zero-order valence-corrected chi connectivity index (χ0v) is 10.7. The fourth-order valence-corrected chi connectivity index (χ4v) is 1.35. The topological polar surface area (TPSA) is 58.6 Å². The van der Waals surface area contributed by atoms with Crippen LogP contribution in [0.3, 0.4) is 0 Å². The van der Waals surface area contributed by atoms with Crippen LogP contribution < -0.4 is 5.32 Å². The number of carboxylic acids is 1. The maximum Gasteiger partial charge on any atom is 0.320 e. The molecule has 0 aromatic rings. The Morgan fingerprint density at radius 2 is 2.12 bits per heavy atom. The summed E-state index contributed by atoms with van der Waals surface area (Å²) in [5.74, 6) is -0.243. The largest absolute Gasteiger partial charge is 0.480 e. The molecule has 0 aromatic heterocycles. The number of hydrogen-bond donors (Lipinski definition) is 2. The number of rotatable bonds is 10. The molecule has 1 atom stereocenters. The predicted molar refractivity (Wildman–Crippen MR) is 64.6 cm³/mol. The van der Waals surface area contributed by atoms with Crippen molar-refractivity contribution in [3.05, 3.63) is 0 Å². The Kier molecular flexibility index (Phi) is 9.24. The summed E-state index contributed by atoms with van der Waals surface area (Å²) in [6.45, 7) is 8.16. The number of hydrogen-bond acceptors (Lipinski definition) is 3. The van der Waals surface area contributed by atoms with Gasteiger partial charge in [0.2, 0.25) is 0 Å². The molecule has 0 heterocycles. The average molecular weight is 231 g/mol. The van der Waals surface area contributed by atoms with Crippen LogP contribution in [0.4, 0.5) is 0 Å². The molecule has 0 radical (unpaired) electrons. The molecule has 0 saturated heterocycles. The Labute approximate surface area is 98.4 Å². The molecule has 0 aliphatic carbocycles. The normalized spacial score (nSPS) is 13.0. The molecule has 0 aromatic carbocycles. The molecule has 0 bridgehead atoms. The Morgan fingerprint density at radius 3 is 2.62 bits per heavy atom. The highest BCUT2D eigenvalue weighted by Gasteiger charge is 2.14. The van der Waals surface area contributed by atoms with Gasteiger partial charge in [-0.05, 0) is 12.3 Å². The minimum atomic E-state index is -0.766. The minimum absolute atomic E-state index is 0.428. The van der Waals surface area contributed by atoms with Crippen molar-refractivity contribution in [3.8, 4) is 0 Å². The van der Waals surface area contributed by atoms with E-state index in [2.05, 4.69) is 26.1 Å². The van der Waals surface area contributed by atoms with Gasteiger partial charge in [0.05, 0.1) is 6.61 Å². The van der Waals surface area contributed by atoms with E-state index in [-0.39, 0.29) is 0 Å². The van der Waals surface area contributed by atoms with E-state index < -0.39 is 12.0 Å². The minimum Gasteiger partial charge on any atom is -0.480 e. The molecule has 0 amide bonds. The van der Waals surface area contributed by atoms with Crippen LogP contribution in [0, 0.1) is 5.92 Å². The van der Waals surface area contributed by atoms with Crippen LogP contribution in [0.2, 0.25) is 0 Å². The summed E-state index contributed by atoms with van der Waals surface area (Å²) < 4.78 is 5.37. The number of carbonyl (C=O) groups is 1. The van der Waals surface area contributed by atoms with Crippen LogP contribution in [0.5, 0.6) is 0 Å². The van der Waals surface area contributed by atoms with Crippen LogP contribution in [-0.4, -0.2) is 36.9 Å². The smallest absolute Gasteiger partial charge is 0.320 e. The van der Waals surface area contributed by atoms with Crippen molar-refractivity contribution in [2.24, 2.45) is 5.92 Å². The quantitative estimate of drug-likeness (QED) is 0.564. The molecule has 0 saturated carbocycles. The molecule has 16 heavy (non-hydrogen) atoms. The first-order valence-corrected chi connectivity index (χ1v) is 6.11. The van der Waals surface area contributed by atoms with Gasteiger partial charge >= 0.3 is 5.97 Å². The highest BCUT2D eigenvalue weighted by atomic mass is 16.5. The van der Waals surface area contributed by atoms with Gasteiger partial charge in [-0.25, -0.2) is 0 Å². The van der Waals surface area contributed by atoms with E-state index in [0.717, 1.165) is 19.4 Å². The second-order valence-electron chi connectivity index (χ2n) is 4.46. The highest BCUT2D eigenvalue weighted by molar-refractivity contribution is 5.73. The van der Waals surface area contributed by atoms with Gasteiger partial charge in [0, 0.05) is 13.2 Å². The summed E-state index contributed by atoms with van der Waals surface area (Å²) in [6, 6.07) is -0.428. The molecule has 0 spiro atoms. The second-order valence-corrected chi connectivity index (χ2v) is 4.46. The molecular formula is C12H25NO3. The third kappa shape index (κ3) is 8.68. The molecule has 96 valence electrons. The van der Waals surface area contributed by atoms with Crippen LogP contribution >= 0.6 is 0 Å². The Morgan fingerprint density at radius 1 is 1.44 bits per heavy atom. The Bertz CT molecular complexity index is 183. The molecule has 0 rings (SSSR count). The highest BCUT2D eigenvalue weighted by Crippen LogP contribution is 2.00. The van der Waals surface area contributed by atoms with Crippen molar-refractivity contribution in [1.82, 2.24) is 5.32 Å². The number of nitrogens with one attached hydrogen (secondary N) is 1. The lowest BCUT2D eigenvalue weighted by Crippen LogP contribution is -2.38.